The van der Waals surface area contributed by atoms with E-state index in [0.717, 1.165) is 17.8 Å². The molecule has 2 rings (SSSR count). The lowest BCUT2D eigenvalue weighted by Gasteiger charge is -2.36. The largest absolute Gasteiger partial charge is 0.0625 e. The van der Waals surface area contributed by atoms with Gasteiger partial charge in [0.1, 0.15) is 0 Å². The minimum atomic E-state index is 1.02. The van der Waals surface area contributed by atoms with Crippen molar-refractivity contribution in [1.29, 1.82) is 0 Å². The summed E-state index contributed by atoms with van der Waals surface area (Å²) >= 11 is 0. The molecule has 0 amide bonds. The summed E-state index contributed by atoms with van der Waals surface area (Å²) in [6.07, 6.45) is 13.8. The molecule has 0 aromatic heterocycles. The Morgan fingerprint density at radius 3 is 2.08 bits per heavy atom. The highest BCUT2D eigenvalue weighted by Gasteiger charge is 2.28. The Bertz CT molecular complexity index is 146. The van der Waals surface area contributed by atoms with Crippen molar-refractivity contribution in [3.63, 3.8) is 0 Å². The maximum Gasteiger partial charge on any atom is -0.0383 e. The van der Waals surface area contributed by atoms with E-state index in [0.29, 0.717) is 0 Å². The molecule has 2 unspecified atom stereocenters. The molecule has 2 atom stereocenters. The normalized spacial score (nSPS) is 37.6. The second-order valence-corrected chi connectivity index (χ2v) is 5.43. The topological polar surface area (TPSA) is 0 Å². The predicted octanol–water partition coefficient (Wildman–Crippen LogP) is 4.39. The van der Waals surface area contributed by atoms with Gasteiger partial charge in [0.2, 0.25) is 0 Å². The molecule has 0 spiro atoms. The first-order valence-corrected chi connectivity index (χ1v) is 6.36. The zero-order valence-corrected chi connectivity index (χ0v) is 9.10. The van der Waals surface area contributed by atoms with Crippen LogP contribution in [0.5, 0.6) is 0 Å². The third-order valence-corrected chi connectivity index (χ3v) is 4.29. The maximum atomic E-state index is 2.47. The second-order valence-electron chi connectivity index (χ2n) is 5.43. The zero-order valence-electron chi connectivity index (χ0n) is 9.10. The van der Waals surface area contributed by atoms with Crippen molar-refractivity contribution in [2.75, 3.05) is 0 Å². The molecule has 0 aliphatic heterocycles. The first-order valence-electron chi connectivity index (χ1n) is 6.36. The molecule has 0 heterocycles. The summed E-state index contributed by atoms with van der Waals surface area (Å²) in [6.45, 7) is 2.47. The van der Waals surface area contributed by atoms with Crippen molar-refractivity contribution in [3.05, 3.63) is 0 Å². The Kier molecular flexibility index (Phi) is 3.29. The third-order valence-electron chi connectivity index (χ3n) is 4.29. The van der Waals surface area contributed by atoms with Gasteiger partial charge in [0.05, 0.1) is 0 Å². The van der Waals surface area contributed by atoms with Gasteiger partial charge in [-0.05, 0) is 24.2 Å². The molecule has 2 aliphatic rings. The molecular formula is C13H24. The van der Waals surface area contributed by atoms with Crippen LogP contribution in [0.4, 0.5) is 0 Å². The number of hydrogen-bond donors (Lipinski definition) is 0. The average molecular weight is 180 g/mol. The Balaban J connectivity index is 1.83. The molecule has 0 heteroatoms. The van der Waals surface area contributed by atoms with E-state index in [4.69, 9.17) is 0 Å². The van der Waals surface area contributed by atoms with Crippen molar-refractivity contribution in [2.45, 2.75) is 64.7 Å². The van der Waals surface area contributed by atoms with Crippen LogP contribution in [0.15, 0.2) is 0 Å². The lowest BCUT2D eigenvalue weighted by molar-refractivity contribution is 0.153. The molecule has 0 saturated heterocycles. The minimum Gasteiger partial charge on any atom is -0.0625 e. The van der Waals surface area contributed by atoms with E-state index < -0.39 is 0 Å². The molecule has 0 nitrogen and oxygen atoms in total. The van der Waals surface area contributed by atoms with Crippen LogP contribution >= 0.6 is 0 Å². The molecule has 76 valence electrons. The number of rotatable bonds is 1. The van der Waals surface area contributed by atoms with Crippen molar-refractivity contribution >= 4 is 0 Å². The Labute approximate surface area is 83.1 Å². The molecule has 0 radical (unpaired) electrons. The van der Waals surface area contributed by atoms with Crippen LogP contribution in [-0.2, 0) is 0 Å². The molecule has 0 bridgehead atoms. The van der Waals surface area contributed by atoms with Crippen LogP contribution in [0.2, 0.25) is 0 Å². The lowest BCUT2D eigenvalue weighted by Crippen LogP contribution is -2.24. The zero-order chi connectivity index (χ0) is 9.10. The third kappa shape index (κ3) is 2.48. The highest BCUT2D eigenvalue weighted by molar-refractivity contribution is 4.80. The highest BCUT2D eigenvalue weighted by atomic mass is 14.3. The van der Waals surface area contributed by atoms with E-state index in [1.54, 1.807) is 25.7 Å². The fraction of sp³-hybridized carbons (Fsp3) is 1.00. The van der Waals surface area contributed by atoms with Crippen LogP contribution in [-0.4, -0.2) is 0 Å². The van der Waals surface area contributed by atoms with E-state index in [1.165, 1.54) is 32.1 Å². The Morgan fingerprint density at radius 1 is 0.692 bits per heavy atom. The first kappa shape index (κ1) is 9.55. The van der Waals surface area contributed by atoms with Gasteiger partial charge in [-0.15, -0.1) is 0 Å². The van der Waals surface area contributed by atoms with Crippen LogP contribution in [0, 0.1) is 17.8 Å². The summed E-state index contributed by atoms with van der Waals surface area (Å²) in [5.41, 5.74) is 0. The minimum absolute atomic E-state index is 1.02. The van der Waals surface area contributed by atoms with Gasteiger partial charge >= 0.3 is 0 Å². The Morgan fingerprint density at radius 2 is 1.38 bits per heavy atom. The highest BCUT2D eigenvalue weighted by Crippen LogP contribution is 2.40. The average Bonchev–Trinajstić information content (AvgIpc) is 1.95. The standard InChI is InChI=1S/C13H24/c1-11-6-3-2-4-7-13(10-11)12-8-5-9-12/h11-13H,2-10H2,1H3. The first-order chi connectivity index (χ1) is 6.36. The predicted molar refractivity (Wildman–Crippen MR) is 57.7 cm³/mol. The van der Waals surface area contributed by atoms with E-state index in [2.05, 4.69) is 6.92 Å². The van der Waals surface area contributed by atoms with E-state index in [9.17, 15) is 0 Å². The molecule has 2 aliphatic carbocycles. The molecule has 13 heavy (non-hydrogen) atoms. The van der Waals surface area contributed by atoms with Gasteiger partial charge in [-0.2, -0.15) is 0 Å². The van der Waals surface area contributed by atoms with Crippen LogP contribution in [0.3, 0.4) is 0 Å². The van der Waals surface area contributed by atoms with Gasteiger partial charge in [-0.1, -0.05) is 58.3 Å². The summed E-state index contributed by atoms with van der Waals surface area (Å²) in [5.74, 6) is 3.27. The molecule has 2 fully saturated rings. The van der Waals surface area contributed by atoms with Crippen molar-refractivity contribution in [1.82, 2.24) is 0 Å². The van der Waals surface area contributed by atoms with Crippen molar-refractivity contribution in [3.8, 4) is 0 Å². The van der Waals surface area contributed by atoms with E-state index in [1.807, 2.05) is 0 Å². The van der Waals surface area contributed by atoms with E-state index >= 15 is 0 Å². The summed E-state index contributed by atoms with van der Waals surface area (Å²) in [4.78, 5) is 0. The second kappa shape index (κ2) is 4.48. The van der Waals surface area contributed by atoms with Gasteiger partial charge < -0.3 is 0 Å². The molecule has 2 saturated carbocycles. The number of hydrogen-bond acceptors (Lipinski definition) is 0. The van der Waals surface area contributed by atoms with Crippen LogP contribution in [0.25, 0.3) is 0 Å². The summed E-state index contributed by atoms with van der Waals surface area (Å²) in [5, 5.41) is 0. The van der Waals surface area contributed by atoms with Gasteiger partial charge in [-0.3, -0.25) is 0 Å². The fourth-order valence-corrected chi connectivity index (χ4v) is 3.17. The molecular weight excluding hydrogens is 156 g/mol. The summed E-state index contributed by atoms with van der Waals surface area (Å²) in [7, 11) is 0. The van der Waals surface area contributed by atoms with Crippen molar-refractivity contribution in [2.24, 2.45) is 17.8 Å². The molecule has 0 aromatic rings. The smallest absolute Gasteiger partial charge is 0.0383 e. The summed E-state index contributed by atoms with van der Waals surface area (Å²) in [6, 6.07) is 0. The van der Waals surface area contributed by atoms with E-state index in [-0.39, 0.29) is 0 Å². The quantitative estimate of drug-likeness (QED) is 0.561. The molecule has 0 N–H and O–H groups in total. The maximum absolute atomic E-state index is 2.47. The monoisotopic (exact) mass is 180 g/mol. The van der Waals surface area contributed by atoms with Crippen LogP contribution in [0.1, 0.15) is 64.7 Å². The van der Waals surface area contributed by atoms with Crippen molar-refractivity contribution < 1.29 is 0 Å². The fourth-order valence-electron chi connectivity index (χ4n) is 3.17. The van der Waals surface area contributed by atoms with Gasteiger partial charge in [-0.25, -0.2) is 0 Å². The van der Waals surface area contributed by atoms with Gasteiger partial charge in [0.15, 0.2) is 0 Å². The van der Waals surface area contributed by atoms with Crippen LogP contribution < -0.4 is 0 Å². The lowest BCUT2D eigenvalue weighted by atomic mass is 9.69. The SMILES string of the molecule is CC1CCCCCC(C2CCC2)C1. The Hall–Kier alpha value is 0. The van der Waals surface area contributed by atoms with Gasteiger partial charge in [0.25, 0.3) is 0 Å². The molecule has 0 aromatic carbocycles. The van der Waals surface area contributed by atoms with Gasteiger partial charge in [0, 0.05) is 0 Å². The summed E-state index contributed by atoms with van der Waals surface area (Å²) < 4.78 is 0.